The number of imidazole rings is 1. The second-order valence-electron chi connectivity index (χ2n) is 9.83. The van der Waals surface area contributed by atoms with Crippen LogP contribution in [0.25, 0.3) is 22.5 Å². The topological polar surface area (TPSA) is 89.4 Å². The van der Waals surface area contributed by atoms with Gasteiger partial charge in [0, 0.05) is 41.5 Å². The lowest BCUT2D eigenvalue weighted by molar-refractivity contribution is -0.122. The van der Waals surface area contributed by atoms with Crippen molar-refractivity contribution in [3.8, 4) is 22.5 Å². The molecule has 1 fully saturated rings. The summed E-state index contributed by atoms with van der Waals surface area (Å²) < 4.78 is 33.8. The first-order valence-electron chi connectivity index (χ1n) is 11.8. The van der Waals surface area contributed by atoms with Crippen molar-refractivity contribution in [3.05, 3.63) is 59.6 Å². The number of alkyl halides is 2. The Labute approximate surface area is 218 Å². The number of nitrogens with one attached hydrogen (secondary N) is 1. The maximum Gasteiger partial charge on any atom is 0.410 e. The van der Waals surface area contributed by atoms with Gasteiger partial charge in [0.2, 0.25) is 5.91 Å². The minimum atomic E-state index is -2.74. The van der Waals surface area contributed by atoms with Crippen LogP contribution in [0.3, 0.4) is 0 Å². The molecule has 11 heteroatoms. The van der Waals surface area contributed by atoms with Gasteiger partial charge in [0.1, 0.15) is 17.8 Å². The molecule has 1 N–H and O–H groups in total. The number of hydrogen-bond donors (Lipinski definition) is 1. The van der Waals surface area contributed by atoms with Crippen LogP contribution in [-0.4, -0.2) is 56.2 Å². The number of likely N-dealkylation sites (tertiary alicyclic amines) is 1. The van der Waals surface area contributed by atoms with Crippen molar-refractivity contribution in [1.82, 2.24) is 24.8 Å². The molecule has 1 atom stereocenters. The Morgan fingerprint density at radius 3 is 2.57 bits per heavy atom. The number of carbonyl (C=O) groups excluding carboxylic acids is 2. The highest BCUT2D eigenvalue weighted by molar-refractivity contribution is 6.30. The quantitative estimate of drug-likeness (QED) is 0.464. The van der Waals surface area contributed by atoms with Crippen molar-refractivity contribution < 1.29 is 23.1 Å². The Balaban J connectivity index is 1.54. The van der Waals surface area contributed by atoms with Crippen molar-refractivity contribution in [1.29, 1.82) is 0 Å². The molecule has 1 saturated heterocycles. The van der Waals surface area contributed by atoms with Crippen molar-refractivity contribution >= 4 is 23.6 Å². The molecule has 8 nitrogen and oxygen atoms in total. The van der Waals surface area contributed by atoms with E-state index in [9.17, 15) is 18.4 Å². The van der Waals surface area contributed by atoms with Crippen LogP contribution >= 0.6 is 11.6 Å². The minimum Gasteiger partial charge on any atom is -0.444 e. The van der Waals surface area contributed by atoms with Crippen LogP contribution < -0.4 is 5.32 Å². The Morgan fingerprint density at radius 2 is 1.89 bits per heavy atom. The van der Waals surface area contributed by atoms with Crippen LogP contribution in [0.4, 0.5) is 13.6 Å². The summed E-state index contributed by atoms with van der Waals surface area (Å²) in [5.74, 6) is -0.291. The normalized spacial score (nSPS) is 15.8. The second kappa shape index (κ2) is 10.8. The number of rotatable bonds is 6. The lowest BCUT2D eigenvalue weighted by atomic mass is 10.0. The molecule has 37 heavy (non-hydrogen) atoms. The predicted octanol–water partition coefficient (Wildman–Crippen LogP) is 5.33. The fourth-order valence-corrected chi connectivity index (χ4v) is 4.26. The minimum absolute atomic E-state index is 0.0921. The highest BCUT2D eigenvalue weighted by atomic mass is 35.5. The van der Waals surface area contributed by atoms with Gasteiger partial charge in [-0.3, -0.25) is 9.78 Å². The molecule has 0 bridgehead atoms. The number of carbonyl (C=O) groups is 2. The number of nitrogens with zero attached hydrogens (tertiary/aromatic N) is 4. The zero-order valence-electron chi connectivity index (χ0n) is 20.7. The van der Waals surface area contributed by atoms with Crippen molar-refractivity contribution in [2.45, 2.75) is 51.8 Å². The van der Waals surface area contributed by atoms with Crippen LogP contribution in [-0.2, 0) is 16.1 Å². The lowest BCUT2D eigenvalue weighted by Crippen LogP contribution is -2.41. The fraction of sp³-hybridized carbons (Fsp3) is 0.385. The zero-order valence-corrected chi connectivity index (χ0v) is 21.5. The third kappa shape index (κ3) is 6.62. The third-order valence-corrected chi connectivity index (χ3v) is 6.00. The molecule has 3 aromatic rings. The summed E-state index contributed by atoms with van der Waals surface area (Å²) in [6.45, 7) is 6.13. The van der Waals surface area contributed by atoms with E-state index in [1.54, 1.807) is 60.6 Å². The molecule has 2 amide bonds. The first-order chi connectivity index (χ1) is 17.5. The monoisotopic (exact) mass is 531 g/mol. The molecule has 1 aliphatic heterocycles. The summed E-state index contributed by atoms with van der Waals surface area (Å²) in [5.41, 5.74) is 1.23. The maximum atomic E-state index is 13.4. The zero-order chi connectivity index (χ0) is 26.7. The summed E-state index contributed by atoms with van der Waals surface area (Å²) in [6.07, 6.45) is 0.252. The number of hydrogen-bond acceptors (Lipinski definition) is 5. The number of aromatic nitrogens is 3. The van der Waals surface area contributed by atoms with E-state index in [1.165, 1.54) is 18.6 Å². The molecular formula is C26H28ClF2N5O3. The van der Waals surface area contributed by atoms with Gasteiger partial charge >= 0.3 is 6.09 Å². The Hall–Kier alpha value is -3.53. The molecular weight excluding hydrogens is 504 g/mol. The number of halogens is 3. The molecule has 0 radical (unpaired) electrons. The largest absolute Gasteiger partial charge is 0.444 e. The van der Waals surface area contributed by atoms with E-state index in [1.807, 2.05) is 0 Å². The molecule has 4 rings (SSSR count). The van der Waals surface area contributed by atoms with Crippen molar-refractivity contribution in [2.24, 2.45) is 0 Å². The van der Waals surface area contributed by atoms with Gasteiger partial charge in [-0.15, -0.1) is 0 Å². The van der Waals surface area contributed by atoms with E-state index in [0.29, 0.717) is 41.5 Å². The van der Waals surface area contributed by atoms with Gasteiger partial charge in [-0.05, 0) is 51.5 Å². The number of benzene rings is 1. The molecule has 3 heterocycles. The molecule has 1 aliphatic rings. The molecule has 1 aromatic carbocycles. The van der Waals surface area contributed by atoms with E-state index in [4.69, 9.17) is 16.3 Å². The molecule has 0 saturated carbocycles. The van der Waals surface area contributed by atoms with Gasteiger partial charge in [0.15, 0.2) is 0 Å². The summed E-state index contributed by atoms with van der Waals surface area (Å²) >= 11 is 6.03. The van der Waals surface area contributed by atoms with Gasteiger partial charge < -0.3 is 19.5 Å². The van der Waals surface area contributed by atoms with Gasteiger partial charge in [0.05, 0.1) is 17.7 Å². The van der Waals surface area contributed by atoms with Crippen LogP contribution in [0, 0.1) is 0 Å². The SMILES string of the molecule is CC(C)(C)OC(=O)N1CC[C@@H](NC(=O)Cn2cnc(-c3ccc(Cl)cc3)c2-c2ccnc(C(F)F)c2)C1. The molecule has 0 unspecified atom stereocenters. The molecule has 0 aliphatic carbocycles. The van der Waals surface area contributed by atoms with Gasteiger partial charge in [-0.1, -0.05) is 23.7 Å². The summed E-state index contributed by atoms with van der Waals surface area (Å²) in [6, 6.07) is 9.64. The van der Waals surface area contributed by atoms with Crippen LogP contribution in [0.5, 0.6) is 0 Å². The first-order valence-corrected chi connectivity index (χ1v) is 12.2. The Bertz CT molecular complexity index is 1270. The predicted molar refractivity (Wildman–Crippen MR) is 135 cm³/mol. The smallest absolute Gasteiger partial charge is 0.410 e. The lowest BCUT2D eigenvalue weighted by Gasteiger charge is -2.24. The van der Waals surface area contributed by atoms with Crippen LogP contribution in [0.2, 0.25) is 5.02 Å². The number of pyridine rings is 1. The highest BCUT2D eigenvalue weighted by Gasteiger charge is 2.30. The molecule has 2 aromatic heterocycles. The average Bonchev–Trinajstić information content (AvgIpc) is 3.46. The van der Waals surface area contributed by atoms with E-state index in [2.05, 4.69) is 15.3 Å². The van der Waals surface area contributed by atoms with Crippen LogP contribution in [0.15, 0.2) is 48.9 Å². The fourth-order valence-electron chi connectivity index (χ4n) is 4.14. The second-order valence-corrected chi connectivity index (χ2v) is 10.3. The van der Waals surface area contributed by atoms with E-state index in [0.717, 1.165) is 5.56 Å². The van der Waals surface area contributed by atoms with Gasteiger partial charge in [-0.2, -0.15) is 0 Å². The summed E-state index contributed by atoms with van der Waals surface area (Å²) in [5, 5.41) is 3.50. The van der Waals surface area contributed by atoms with Crippen LogP contribution in [0.1, 0.15) is 39.3 Å². The first kappa shape index (κ1) is 26.5. The Kier molecular flexibility index (Phi) is 7.77. The van der Waals surface area contributed by atoms with E-state index < -0.39 is 18.1 Å². The standard InChI is InChI=1S/C26H28ClF2N5O3/c1-26(2,3)37-25(36)33-11-9-19(13-33)32-21(35)14-34-15-31-22(16-4-6-18(27)7-5-16)23(34)17-8-10-30-20(12-17)24(28)29/h4-8,10,12,15,19,24H,9,11,13-14H2,1-3H3,(H,32,35)/t19-/m1/s1. The van der Waals surface area contributed by atoms with E-state index in [-0.39, 0.29) is 24.2 Å². The van der Waals surface area contributed by atoms with Gasteiger partial charge in [0.25, 0.3) is 6.43 Å². The molecule has 196 valence electrons. The summed E-state index contributed by atoms with van der Waals surface area (Å²) in [7, 11) is 0. The number of ether oxygens (including phenoxy) is 1. The molecule has 0 spiro atoms. The summed E-state index contributed by atoms with van der Waals surface area (Å²) in [4.78, 5) is 35.1. The van der Waals surface area contributed by atoms with Crippen molar-refractivity contribution in [2.75, 3.05) is 13.1 Å². The Morgan fingerprint density at radius 1 is 1.16 bits per heavy atom. The van der Waals surface area contributed by atoms with E-state index >= 15 is 0 Å². The van der Waals surface area contributed by atoms with Gasteiger partial charge in [-0.25, -0.2) is 18.6 Å². The highest BCUT2D eigenvalue weighted by Crippen LogP contribution is 2.33. The van der Waals surface area contributed by atoms with Crippen molar-refractivity contribution in [3.63, 3.8) is 0 Å². The number of amides is 2. The third-order valence-electron chi connectivity index (χ3n) is 5.75. The average molecular weight is 532 g/mol. The maximum absolute atomic E-state index is 13.4.